The zero-order valence-corrected chi connectivity index (χ0v) is 20.8. The van der Waals surface area contributed by atoms with E-state index in [4.69, 9.17) is 4.98 Å². The van der Waals surface area contributed by atoms with Crippen LogP contribution in [0.1, 0.15) is 34.4 Å². The molecule has 4 rings (SSSR count). The number of carbonyl (C=O) groups is 1. The summed E-state index contributed by atoms with van der Waals surface area (Å²) >= 11 is 2.92. The van der Waals surface area contributed by atoms with Crippen LogP contribution in [0.25, 0.3) is 10.2 Å². The van der Waals surface area contributed by atoms with Crippen LogP contribution in [0.15, 0.2) is 52.4 Å². The Morgan fingerprint density at radius 1 is 1.12 bits per heavy atom. The Balaban J connectivity index is 1.65. The van der Waals surface area contributed by atoms with Gasteiger partial charge in [0.05, 0.1) is 16.8 Å². The van der Waals surface area contributed by atoms with Gasteiger partial charge in [-0.1, -0.05) is 59.5 Å². The van der Waals surface area contributed by atoms with E-state index in [-0.39, 0.29) is 17.9 Å². The van der Waals surface area contributed by atoms with Crippen LogP contribution < -0.4 is 10.5 Å². The Morgan fingerprint density at radius 3 is 2.58 bits per heavy atom. The van der Waals surface area contributed by atoms with E-state index in [9.17, 15) is 9.59 Å². The highest BCUT2D eigenvalue weighted by molar-refractivity contribution is 7.98. The van der Waals surface area contributed by atoms with Gasteiger partial charge >= 0.3 is 0 Å². The Bertz CT molecular complexity index is 1360. The van der Waals surface area contributed by atoms with Crippen molar-refractivity contribution in [2.45, 2.75) is 45.3 Å². The van der Waals surface area contributed by atoms with E-state index >= 15 is 0 Å². The minimum atomic E-state index is -0.180. The number of fused-ring (bicyclic) bond motifs is 1. The van der Waals surface area contributed by atoms with Crippen molar-refractivity contribution in [1.82, 2.24) is 15.0 Å². The van der Waals surface area contributed by atoms with E-state index in [1.54, 1.807) is 4.90 Å². The summed E-state index contributed by atoms with van der Waals surface area (Å²) in [5.41, 5.74) is 5.27. The molecule has 0 bridgehead atoms. The molecular formula is C25H26N4O2S2. The lowest BCUT2D eigenvalue weighted by Gasteiger charge is -2.20. The van der Waals surface area contributed by atoms with Crippen molar-refractivity contribution >= 4 is 44.4 Å². The van der Waals surface area contributed by atoms with Gasteiger partial charge in [0.1, 0.15) is 0 Å². The van der Waals surface area contributed by atoms with E-state index in [1.807, 2.05) is 43.5 Å². The number of benzene rings is 2. The van der Waals surface area contributed by atoms with Gasteiger partial charge in [0.2, 0.25) is 5.91 Å². The number of rotatable bonds is 7. The second-order valence-electron chi connectivity index (χ2n) is 8.03. The smallest absolute Gasteiger partial charge is 0.254 e. The third-order valence-corrected chi connectivity index (χ3v) is 7.32. The van der Waals surface area contributed by atoms with Crippen molar-refractivity contribution < 1.29 is 4.79 Å². The van der Waals surface area contributed by atoms with E-state index in [0.717, 1.165) is 26.9 Å². The third kappa shape index (κ3) is 5.17. The van der Waals surface area contributed by atoms with E-state index in [1.165, 1.54) is 23.1 Å². The predicted octanol–water partition coefficient (Wildman–Crippen LogP) is 5.19. The van der Waals surface area contributed by atoms with Crippen LogP contribution in [-0.4, -0.2) is 27.1 Å². The molecule has 0 atom stereocenters. The first-order valence-electron chi connectivity index (χ1n) is 10.7. The number of thioether (sulfide) groups is 1. The van der Waals surface area contributed by atoms with Crippen molar-refractivity contribution in [1.29, 1.82) is 0 Å². The fourth-order valence-corrected chi connectivity index (χ4v) is 5.31. The highest BCUT2D eigenvalue weighted by atomic mass is 32.2. The van der Waals surface area contributed by atoms with Crippen molar-refractivity contribution in [3.05, 3.63) is 80.8 Å². The molecule has 170 valence electrons. The van der Waals surface area contributed by atoms with Crippen LogP contribution in [0.5, 0.6) is 0 Å². The molecule has 2 aromatic carbocycles. The molecule has 2 heterocycles. The number of hydrogen-bond acceptors (Lipinski definition) is 6. The molecule has 4 aromatic rings. The average molecular weight is 479 g/mol. The molecule has 0 saturated carbocycles. The molecule has 0 unspecified atom stereocenters. The fraction of sp³-hybridized carbons (Fsp3) is 0.280. The van der Waals surface area contributed by atoms with E-state index < -0.39 is 0 Å². The zero-order chi connectivity index (χ0) is 23.5. The molecule has 0 radical (unpaired) electrons. The fourth-order valence-electron chi connectivity index (χ4n) is 3.85. The largest absolute Gasteiger partial charge is 0.301 e. The summed E-state index contributed by atoms with van der Waals surface area (Å²) in [6, 6.07) is 14.1. The Labute approximate surface area is 201 Å². The van der Waals surface area contributed by atoms with E-state index in [2.05, 4.69) is 35.9 Å². The maximum atomic E-state index is 13.5. The monoisotopic (exact) mass is 478 g/mol. The van der Waals surface area contributed by atoms with Crippen LogP contribution in [0.3, 0.4) is 0 Å². The normalized spacial score (nSPS) is 11.2. The lowest BCUT2D eigenvalue weighted by Crippen LogP contribution is -2.31. The third-order valence-electron chi connectivity index (χ3n) is 5.51. The number of nitrogens with one attached hydrogen (secondary N) is 1. The Morgan fingerprint density at radius 2 is 1.88 bits per heavy atom. The van der Waals surface area contributed by atoms with Crippen LogP contribution in [-0.2, 0) is 17.8 Å². The molecule has 0 aliphatic rings. The van der Waals surface area contributed by atoms with Gasteiger partial charge in [0.25, 0.3) is 5.56 Å². The van der Waals surface area contributed by atoms with Crippen molar-refractivity contribution in [3.8, 4) is 0 Å². The van der Waals surface area contributed by atoms with E-state index in [0.29, 0.717) is 34.5 Å². The summed E-state index contributed by atoms with van der Waals surface area (Å²) in [7, 11) is 0. The molecule has 1 amide bonds. The lowest BCUT2D eigenvalue weighted by molar-refractivity contribution is -0.118. The topological polar surface area (TPSA) is 79.0 Å². The number of aromatic nitrogens is 3. The first-order chi connectivity index (χ1) is 15.9. The van der Waals surface area contributed by atoms with Gasteiger partial charge in [0, 0.05) is 17.7 Å². The first-order valence-corrected chi connectivity index (χ1v) is 12.8. The maximum absolute atomic E-state index is 13.5. The predicted molar refractivity (Wildman–Crippen MR) is 136 cm³/mol. The number of aromatic amines is 1. The molecule has 0 fully saturated rings. The molecule has 1 N–H and O–H groups in total. The van der Waals surface area contributed by atoms with Crippen molar-refractivity contribution in [3.63, 3.8) is 0 Å². The van der Waals surface area contributed by atoms with Crippen LogP contribution in [0, 0.1) is 20.8 Å². The quantitative estimate of drug-likeness (QED) is 0.292. The summed E-state index contributed by atoms with van der Waals surface area (Å²) in [6.07, 6.45) is 2.39. The number of carbonyl (C=O) groups excluding carboxylic acids is 1. The van der Waals surface area contributed by atoms with Gasteiger partial charge in [0.15, 0.2) is 10.3 Å². The number of nitrogens with zero attached hydrogens (tertiary/aromatic N) is 3. The van der Waals surface area contributed by atoms with Crippen LogP contribution in [0.2, 0.25) is 0 Å². The van der Waals surface area contributed by atoms with Gasteiger partial charge in [-0.2, -0.15) is 0 Å². The molecular weight excluding hydrogens is 452 g/mol. The molecule has 0 saturated heterocycles. The molecule has 0 aliphatic carbocycles. The van der Waals surface area contributed by atoms with Gasteiger partial charge in [-0.3, -0.25) is 14.5 Å². The number of aryl methyl sites for hydroxylation is 3. The summed E-state index contributed by atoms with van der Waals surface area (Å²) in [5, 5.41) is 1.26. The van der Waals surface area contributed by atoms with Crippen LogP contribution in [0.4, 0.5) is 5.13 Å². The molecule has 0 spiro atoms. The van der Waals surface area contributed by atoms with Gasteiger partial charge in [-0.25, -0.2) is 9.97 Å². The van der Waals surface area contributed by atoms with Gasteiger partial charge in [-0.15, -0.1) is 0 Å². The minimum Gasteiger partial charge on any atom is -0.301 e. The minimum absolute atomic E-state index is 0.0694. The summed E-state index contributed by atoms with van der Waals surface area (Å²) in [4.78, 5) is 39.7. The Hall–Kier alpha value is -2.97. The standard InChI is InChI=1S/C25H26N4O2S2/c1-15-12-16(2)22-20(13-15)27-25(33-22)29(14-18-8-6-5-7-9-18)21(30)11-10-19-17(3)26-24(32-4)28-23(19)31/h5-9,12-13H,10-11,14H2,1-4H3,(H,26,28,31). The lowest BCUT2D eigenvalue weighted by atomic mass is 10.1. The highest BCUT2D eigenvalue weighted by Crippen LogP contribution is 2.33. The second-order valence-corrected chi connectivity index (χ2v) is 9.80. The number of H-pyrrole nitrogens is 1. The first kappa shape index (κ1) is 23.2. The van der Waals surface area contributed by atoms with Crippen molar-refractivity contribution in [2.75, 3.05) is 11.2 Å². The summed E-state index contributed by atoms with van der Waals surface area (Å²) in [5.74, 6) is -0.0694. The maximum Gasteiger partial charge on any atom is 0.254 e. The van der Waals surface area contributed by atoms with Crippen molar-refractivity contribution in [2.24, 2.45) is 0 Å². The molecule has 0 aliphatic heterocycles. The summed E-state index contributed by atoms with van der Waals surface area (Å²) < 4.78 is 1.09. The highest BCUT2D eigenvalue weighted by Gasteiger charge is 2.22. The number of anilines is 1. The average Bonchev–Trinajstić information content (AvgIpc) is 3.21. The number of hydrogen-bond donors (Lipinski definition) is 1. The molecule has 8 heteroatoms. The SMILES string of the molecule is CSc1nc(C)c(CCC(=O)N(Cc2ccccc2)c2nc3cc(C)cc(C)c3s2)c(=O)[nH]1. The number of amides is 1. The zero-order valence-electron chi connectivity index (χ0n) is 19.1. The molecule has 6 nitrogen and oxygen atoms in total. The second kappa shape index (κ2) is 9.89. The van der Waals surface area contributed by atoms with Crippen LogP contribution >= 0.6 is 23.1 Å². The Kier molecular flexibility index (Phi) is 6.95. The number of thiazole rings is 1. The summed E-state index contributed by atoms with van der Waals surface area (Å²) in [6.45, 7) is 6.36. The molecule has 2 aromatic heterocycles. The van der Waals surface area contributed by atoms with Gasteiger partial charge < -0.3 is 4.98 Å². The van der Waals surface area contributed by atoms with Gasteiger partial charge in [-0.05, 0) is 56.2 Å². The molecule has 33 heavy (non-hydrogen) atoms.